The molecule has 10 heteroatoms. The molecule has 184 valence electrons. The number of esters is 1. The maximum Gasteiger partial charge on any atom is 0.415 e. The average molecular weight is 480 g/mol. The van der Waals surface area contributed by atoms with Crippen molar-refractivity contribution in [3.8, 4) is 5.75 Å². The van der Waals surface area contributed by atoms with Crippen molar-refractivity contribution >= 4 is 25.8 Å². The second-order valence-corrected chi connectivity index (χ2v) is 15.5. The number of nitro benzene ring substituents is 1. The lowest BCUT2D eigenvalue weighted by Crippen LogP contribution is -2.51. The minimum absolute atomic E-state index is 0.0600. The first-order valence-electron chi connectivity index (χ1n) is 11.7. The van der Waals surface area contributed by atoms with Gasteiger partial charge in [-0.2, -0.15) is 0 Å². The largest absolute Gasteiger partial charge is 0.465 e. The van der Waals surface area contributed by atoms with Crippen LogP contribution in [-0.4, -0.2) is 61.7 Å². The summed E-state index contributed by atoms with van der Waals surface area (Å²) in [6.07, 6.45) is 4.57. The number of ether oxygens (including phenoxy) is 2. The van der Waals surface area contributed by atoms with Gasteiger partial charge in [-0.1, -0.05) is 38.9 Å². The highest BCUT2D eigenvalue weighted by Gasteiger charge is 2.31. The van der Waals surface area contributed by atoms with Crippen molar-refractivity contribution in [2.24, 2.45) is 0 Å². The summed E-state index contributed by atoms with van der Waals surface area (Å²) in [4.78, 5) is 37.2. The van der Waals surface area contributed by atoms with Crippen molar-refractivity contribution in [2.75, 3.05) is 19.7 Å². The zero-order valence-corrected chi connectivity index (χ0v) is 21.2. The number of hydrogen-bond donors (Lipinski definition) is 1. The summed E-state index contributed by atoms with van der Waals surface area (Å²) in [5.41, 5.74) is -0.0618. The topological polar surface area (TPSA) is 111 Å². The van der Waals surface area contributed by atoms with Crippen molar-refractivity contribution < 1.29 is 24.0 Å². The predicted octanol–water partition coefficient (Wildman–Crippen LogP) is 4.59. The Morgan fingerprint density at radius 3 is 2.39 bits per heavy atom. The molecule has 1 aliphatic rings. The van der Waals surface area contributed by atoms with Crippen LogP contribution in [0.1, 0.15) is 39.0 Å². The Labute approximate surface area is 197 Å². The minimum atomic E-state index is -1.25. The summed E-state index contributed by atoms with van der Waals surface area (Å²) in [6.45, 7) is 9.58. The molecule has 0 unspecified atom stereocenters. The number of carbonyl (C=O) groups excluding carboxylic acids is 2. The molecular formula is C23H37N3O6Si. The highest BCUT2D eigenvalue weighted by Crippen LogP contribution is 2.26. The number of nitrogens with zero attached hydrogens (tertiary/aromatic N) is 2. The zero-order chi connectivity index (χ0) is 24.4. The molecule has 9 nitrogen and oxygen atoms in total. The molecule has 1 saturated carbocycles. The fraction of sp³-hybridized carbons (Fsp3) is 0.652. The van der Waals surface area contributed by atoms with Gasteiger partial charge in [0.1, 0.15) is 5.75 Å². The third-order valence-electron chi connectivity index (χ3n) is 5.73. The molecule has 0 spiro atoms. The van der Waals surface area contributed by atoms with E-state index < -0.39 is 19.1 Å². The van der Waals surface area contributed by atoms with Gasteiger partial charge in [-0.25, -0.2) is 4.79 Å². The lowest BCUT2D eigenvalue weighted by Gasteiger charge is -2.37. The fourth-order valence-electron chi connectivity index (χ4n) is 3.84. The van der Waals surface area contributed by atoms with E-state index in [1.165, 1.54) is 24.3 Å². The number of carbonyl (C=O) groups is 2. The summed E-state index contributed by atoms with van der Waals surface area (Å²) < 4.78 is 10.9. The van der Waals surface area contributed by atoms with Crippen molar-refractivity contribution in [2.45, 2.75) is 76.8 Å². The molecule has 2 rings (SSSR count). The van der Waals surface area contributed by atoms with E-state index in [1.807, 2.05) is 6.92 Å². The Morgan fingerprint density at radius 1 is 1.18 bits per heavy atom. The Kier molecular flexibility index (Phi) is 10.3. The normalized spacial score (nSPS) is 15.5. The first kappa shape index (κ1) is 26.8. The fourth-order valence-corrected chi connectivity index (χ4v) is 4.56. The van der Waals surface area contributed by atoms with Gasteiger partial charge in [0.05, 0.1) is 18.1 Å². The number of benzene rings is 1. The van der Waals surface area contributed by atoms with Crippen LogP contribution in [-0.2, 0) is 9.53 Å². The van der Waals surface area contributed by atoms with E-state index in [0.29, 0.717) is 13.2 Å². The molecule has 0 heterocycles. The van der Waals surface area contributed by atoms with Crippen LogP contribution in [0.2, 0.25) is 25.7 Å². The number of amides is 1. The first-order valence-corrected chi connectivity index (χ1v) is 15.4. The van der Waals surface area contributed by atoms with Gasteiger partial charge in [0.2, 0.25) is 0 Å². The third-order valence-corrected chi connectivity index (χ3v) is 7.43. The quantitative estimate of drug-likeness (QED) is 0.214. The number of nitro groups is 1. The van der Waals surface area contributed by atoms with Gasteiger partial charge in [0.25, 0.3) is 5.69 Å². The Balaban J connectivity index is 1.93. The van der Waals surface area contributed by atoms with E-state index >= 15 is 0 Å². The van der Waals surface area contributed by atoms with Gasteiger partial charge >= 0.3 is 12.1 Å². The van der Waals surface area contributed by atoms with Crippen molar-refractivity contribution in [3.05, 3.63) is 34.4 Å². The lowest BCUT2D eigenvalue weighted by molar-refractivity contribution is -0.384. The maximum atomic E-state index is 13.1. The minimum Gasteiger partial charge on any atom is -0.465 e. The molecule has 0 aliphatic heterocycles. The summed E-state index contributed by atoms with van der Waals surface area (Å²) in [7, 11) is -1.25. The SMILES string of the molecule is C[C@@H](CNCC(=O)OCC[Si](C)(C)C)N(C(=O)Oc1ccc([N+](=O)[O-])cc1)C1CCCCC1. The van der Waals surface area contributed by atoms with Crippen LogP contribution in [0, 0.1) is 10.1 Å². The average Bonchev–Trinajstić information content (AvgIpc) is 2.74. The van der Waals surface area contributed by atoms with Crippen molar-refractivity contribution in [1.82, 2.24) is 10.2 Å². The molecule has 1 aliphatic carbocycles. The molecule has 1 aromatic carbocycles. The molecule has 0 bridgehead atoms. The molecule has 33 heavy (non-hydrogen) atoms. The Hall–Kier alpha value is -2.46. The number of non-ortho nitro benzene ring substituents is 1. The molecule has 1 amide bonds. The molecule has 0 saturated heterocycles. The van der Waals surface area contributed by atoms with Crippen LogP contribution in [0.15, 0.2) is 24.3 Å². The Morgan fingerprint density at radius 2 is 1.82 bits per heavy atom. The number of nitrogens with one attached hydrogen (secondary N) is 1. The van der Waals surface area contributed by atoms with Crippen LogP contribution in [0.3, 0.4) is 0 Å². The standard InChI is InChI=1S/C23H37N3O6Si/c1-18(16-24-17-22(27)31-14-15-33(2,3)4)25(19-8-6-5-7-9-19)23(28)32-21-12-10-20(11-13-21)26(29)30/h10-13,18-19,24H,5-9,14-17H2,1-4H3/t18-/m0/s1. The monoisotopic (exact) mass is 479 g/mol. The maximum absolute atomic E-state index is 13.1. The van der Waals surface area contributed by atoms with Gasteiger partial charge in [0, 0.05) is 38.8 Å². The Bertz CT molecular complexity index is 790. The van der Waals surface area contributed by atoms with Crippen LogP contribution in [0.4, 0.5) is 10.5 Å². The lowest BCUT2D eigenvalue weighted by atomic mass is 9.93. The van der Waals surface area contributed by atoms with E-state index in [1.54, 1.807) is 4.90 Å². The van der Waals surface area contributed by atoms with Crippen molar-refractivity contribution in [3.63, 3.8) is 0 Å². The van der Waals surface area contributed by atoms with Gasteiger partial charge < -0.3 is 19.7 Å². The van der Waals surface area contributed by atoms with E-state index in [2.05, 4.69) is 25.0 Å². The van der Waals surface area contributed by atoms with E-state index in [-0.39, 0.29) is 36.0 Å². The summed E-state index contributed by atoms with van der Waals surface area (Å²) >= 11 is 0. The van der Waals surface area contributed by atoms with Crippen LogP contribution >= 0.6 is 0 Å². The zero-order valence-electron chi connectivity index (χ0n) is 20.2. The van der Waals surface area contributed by atoms with E-state index in [9.17, 15) is 19.7 Å². The molecule has 1 atom stereocenters. The van der Waals surface area contributed by atoms with E-state index in [0.717, 1.165) is 38.1 Å². The van der Waals surface area contributed by atoms with Gasteiger partial charge in [-0.05, 0) is 37.9 Å². The first-order chi connectivity index (χ1) is 15.6. The molecule has 0 aromatic heterocycles. The molecule has 1 N–H and O–H groups in total. The molecular weight excluding hydrogens is 442 g/mol. The third kappa shape index (κ3) is 9.51. The molecule has 1 aromatic rings. The second kappa shape index (κ2) is 12.7. The highest BCUT2D eigenvalue weighted by molar-refractivity contribution is 6.76. The van der Waals surface area contributed by atoms with Crippen molar-refractivity contribution in [1.29, 1.82) is 0 Å². The second-order valence-electron chi connectivity index (χ2n) is 9.83. The summed E-state index contributed by atoms with van der Waals surface area (Å²) in [5.74, 6) is -0.0318. The highest BCUT2D eigenvalue weighted by atomic mass is 28.3. The smallest absolute Gasteiger partial charge is 0.415 e. The van der Waals surface area contributed by atoms with E-state index in [4.69, 9.17) is 9.47 Å². The summed E-state index contributed by atoms with van der Waals surface area (Å²) in [6, 6.07) is 6.26. The van der Waals surface area contributed by atoms with Crippen LogP contribution in [0.25, 0.3) is 0 Å². The summed E-state index contributed by atoms with van der Waals surface area (Å²) in [5, 5.41) is 13.9. The molecule has 1 fully saturated rings. The van der Waals surface area contributed by atoms with Gasteiger partial charge in [-0.3, -0.25) is 14.9 Å². The number of hydrogen-bond acceptors (Lipinski definition) is 7. The van der Waals surface area contributed by atoms with Gasteiger partial charge in [0.15, 0.2) is 0 Å². The van der Waals surface area contributed by atoms with Gasteiger partial charge in [-0.15, -0.1) is 0 Å². The van der Waals surface area contributed by atoms with Crippen LogP contribution < -0.4 is 10.1 Å². The predicted molar refractivity (Wildman–Crippen MR) is 129 cm³/mol. The van der Waals surface area contributed by atoms with Crippen LogP contribution in [0.5, 0.6) is 5.75 Å². The number of rotatable bonds is 11. The molecule has 0 radical (unpaired) electrons.